The Morgan fingerprint density at radius 1 is 1.50 bits per heavy atom. The Bertz CT molecular complexity index is 401. The number of aryl methyl sites for hydroxylation is 2. The summed E-state index contributed by atoms with van der Waals surface area (Å²) in [4.78, 5) is 5.77. The molecule has 1 aromatic rings. The molecule has 0 aromatic carbocycles. The van der Waals surface area contributed by atoms with Gasteiger partial charge in [-0.3, -0.25) is 0 Å². The number of rotatable bonds is 4. The highest BCUT2D eigenvalue weighted by atomic mass is 32.1. The second kappa shape index (κ2) is 4.94. The second-order valence-electron chi connectivity index (χ2n) is 4.77. The molecule has 3 nitrogen and oxygen atoms in total. The molecule has 0 aliphatic rings. The highest BCUT2D eigenvalue weighted by Crippen LogP contribution is 2.23. The summed E-state index contributed by atoms with van der Waals surface area (Å²) in [7, 11) is 0. The lowest BCUT2D eigenvalue weighted by Crippen LogP contribution is -2.30. The molecule has 0 saturated carbocycles. The predicted octanol–water partition coefficient (Wildman–Crippen LogP) is 2.96. The van der Waals surface area contributed by atoms with Crippen molar-refractivity contribution in [3.05, 3.63) is 15.6 Å². The van der Waals surface area contributed by atoms with E-state index in [0.29, 0.717) is 6.54 Å². The highest BCUT2D eigenvalue weighted by Gasteiger charge is 2.19. The maximum Gasteiger partial charge on any atom is 0.0900 e. The van der Waals surface area contributed by atoms with Gasteiger partial charge in [0.05, 0.1) is 22.2 Å². The molecule has 1 rings (SSSR count). The number of hydrogen-bond acceptors (Lipinski definition) is 4. The quantitative estimate of drug-likeness (QED) is 0.876. The second-order valence-corrected chi connectivity index (χ2v) is 6.18. The van der Waals surface area contributed by atoms with Crippen LogP contribution in [0.15, 0.2) is 0 Å². The normalized spacial score (nSPS) is 13.5. The van der Waals surface area contributed by atoms with Crippen LogP contribution in [0.5, 0.6) is 0 Å². The van der Waals surface area contributed by atoms with E-state index >= 15 is 0 Å². The fourth-order valence-corrected chi connectivity index (χ4v) is 2.41. The molecule has 0 spiro atoms. The summed E-state index contributed by atoms with van der Waals surface area (Å²) in [6.45, 7) is 10.8. The average Bonchev–Trinajstić information content (AvgIpc) is 2.54. The molecule has 0 bridgehead atoms. The lowest BCUT2D eigenvalue weighted by atomic mass is 9.95. The van der Waals surface area contributed by atoms with E-state index in [1.54, 1.807) is 11.3 Å². The van der Waals surface area contributed by atoms with E-state index in [-0.39, 0.29) is 11.5 Å². The Kier molecular flexibility index (Phi) is 4.06. The summed E-state index contributed by atoms with van der Waals surface area (Å²) in [5.74, 6) is 0. The summed E-state index contributed by atoms with van der Waals surface area (Å²) in [6, 6.07) is 2.49. The minimum Gasteiger partial charge on any atom is -0.307 e. The number of hydrogen-bond donors (Lipinski definition) is 1. The van der Waals surface area contributed by atoms with E-state index in [0.717, 1.165) is 10.7 Å². The monoisotopic (exact) mass is 237 g/mol. The fourth-order valence-electron chi connectivity index (χ4n) is 1.49. The van der Waals surface area contributed by atoms with Crippen molar-refractivity contribution in [2.75, 3.05) is 6.54 Å². The summed E-state index contributed by atoms with van der Waals surface area (Å²) >= 11 is 1.72. The molecule has 1 unspecified atom stereocenters. The van der Waals surface area contributed by atoms with Crippen molar-refractivity contribution in [3.63, 3.8) is 0 Å². The first kappa shape index (κ1) is 13.1. The molecule has 88 valence electrons. The van der Waals surface area contributed by atoms with Crippen LogP contribution in [0.1, 0.15) is 42.4 Å². The number of nitrogens with zero attached hydrogens (tertiary/aromatic N) is 2. The zero-order valence-electron chi connectivity index (χ0n) is 10.6. The van der Waals surface area contributed by atoms with Gasteiger partial charge in [-0.05, 0) is 34.6 Å². The van der Waals surface area contributed by atoms with Gasteiger partial charge in [-0.25, -0.2) is 4.98 Å². The third-order valence-corrected chi connectivity index (χ3v) is 3.40. The van der Waals surface area contributed by atoms with Gasteiger partial charge in [0.25, 0.3) is 0 Å². The average molecular weight is 237 g/mol. The number of aromatic nitrogens is 1. The molecule has 0 saturated heterocycles. The Hall–Kier alpha value is -0.920. The molecule has 0 radical (unpaired) electrons. The number of nitrogens with one attached hydrogen (secondary N) is 1. The molecule has 0 amide bonds. The van der Waals surface area contributed by atoms with Gasteiger partial charge in [0.2, 0.25) is 0 Å². The Labute approximate surface area is 102 Å². The van der Waals surface area contributed by atoms with Crippen LogP contribution in [0.4, 0.5) is 0 Å². The van der Waals surface area contributed by atoms with Gasteiger partial charge in [0.1, 0.15) is 0 Å². The molecule has 1 N–H and O–H groups in total. The molecule has 0 aliphatic heterocycles. The Morgan fingerprint density at radius 3 is 2.56 bits per heavy atom. The molecule has 0 aliphatic carbocycles. The maximum atomic E-state index is 8.93. The van der Waals surface area contributed by atoms with Crippen molar-refractivity contribution in [3.8, 4) is 6.07 Å². The van der Waals surface area contributed by atoms with Crippen LogP contribution < -0.4 is 5.32 Å². The minimum absolute atomic E-state index is 0.206. The SMILES string of the molecule is Cc1nc(C(C)NCC(C)(C)C#N)c(C)s1. The first-order valence-electron chi connectivity index (χ1n) is 5.44. The zero-order chi connectivity index (χ0) is 12.3. The minimum atomic E-state index is -0.326. The third-order valence-electron chi connectivity index (χ3n) is 2.50. The molecular formula is C12H19N3S. The van der Waals surface area contributed by atoms with Crippen LogP contribution >= 0.6 is 11.3 Å². The number of nitriles is 1. The largest absolute Gasteiger partial charge is 0.307 e. The van der Waals surface area contributed by atoms with Crippen LogP contribution in [0.3, 0.4) is 0 Å². The summed E-state index contributed by atoms with van der Waals surface area (Å²) in [6.07, 6.45) is 0. The number of thiazole rings is 1. The summed E-state index contributed by atoms with van der Waals surface area (Å²) in [5, 5.41) is 13.4. The van der Waals surface area contributed by atoms with Crippen molar-refractivity contribution < 1.29 is 0 Å². The van der Waals surface area contributed by atoms with Crippen molar-refractivity contribution >= 4 is 11.3 Å². The summed E-state index contributed by atoms with van der Waals surface area (Å²) < 4.78 is 0. The topological polar surface area (TPSA) is 48.7 Å². The fraction of sp³-hybridized carbons (Fsp3) is 0.667. The lowest BCUT2D eigenvalue weighted by molar-refractivity contribution is 0.412. The molecular weight excluding hydrogens is 218 g/mol. The van der Waals surface area contributed by atoms with E-state index in [4.69, 9.17) is 5.26 Å². The van der Waals surface area contributed by atoms with Gasteiger partial charge in [0, 0.05) is 17.5 Å². The zero-order valence-corrected chi connectivity index (χ0v) is 11.4. The molecule has 1 heterocycles. The summed E-state index contributed by atoms with van der Waals surface area (Å²) in [5.41, 5.74) is 0.781. The van der Waals surface area contributed by atoms with Crippen molar-refractivity contribution in [1.29, 1.82) is 5.26 Å². The van der Waals surface area contributed by atoms with Gasteiger partial charge < -0.3 is 5.32 Å². The van der Waals surface area contributed by atoms with E-state index in [1.807, 2.05) is 20.8 Å². The first-order valence-corrected chi connectivity index (χ1v) is 6.26. The van der Waals surface area contributed by atoms with Gasteiger partial charge in [-0.1, -0.05) is 0 Å². The molecule has 4 heteroatoms. The van der Waals surface area contributed by atoms with Gasteiger partial charge >= 0.3 is 0 Å². The maximum absolute atomic E-state index is 8.93. The predicted molar refractivity (Wildman–Crippen MR) is 67.4 cm³/mol. The van der Waals surface area contributed by atoms with E-state index in [1.165, 1.54) is 4.88 Å². The van der Waals surface area contributed by atoms with Gasteiger partial charge in [-0.15, -0.1) is 11.3 Å². The van der Waals surface area contributed by atoms with Crippen molar-refractivity contribution in [1.82, 2.24) is 10.3 Å². The van der Waals surface area contributed by atoms with Crippen LogP contribution in [-0.2, 0) is 0 Å². The van der Waals surface area contributed by atoms with E-state index in [9.17, 15) is 0 Å². The Balaban J connectivity index is 2.64. The van der Waals surface area contributed by atoms with Gasteiger partial charge in [0.15, 0.2) is 0 Å². The molecule has 16 heavy (non-hydrogen) atoms. The standard InChI is InChI=1S/C12H19N3S/c1-8(14-7-12(4,5)6-13)11-9(2)16-10(3)15-11/h8,14H,7H2,1-5H3. The van der Waals surface area contributed by atoms with Crippen LogP contribution in [0.2, 0.25) is 0 Å². The van der Waals surface area contributed by atoms with Crippen molar-refractivity contribution in [2.45, 2.75) is 40.7 Å². The smallest absolute Gasteiger partial charge is 0.0900 e. The van der Waals surface area contributed by atoms with Crippen molar-refractivity contribution in [2.24, 2.45) is 5.41 Å². The third kappa shape index (κ3) is 3.29. The highest BCUT2D eigenvalue weighted by molar-refractivity contribution is 7.11. The first-order chi connectivity index (χ1) is 7.35. The van der Waals surface area contributed by atoms with Crippen LogP contribution in [0.25, 0.3) is 0 Å². The molecule has 1 aromatic heterocycles. The van der Waals surface area contributed by atoms with E-state index < -0.39 is 0 Å². The Morgan fingerprint density at radius 2 is 2.12 bits per heavy atom. The van der Waals surface area contributed by atoms with Crippen LogP contribution in [0, 0.1) is 30.6 Å². The van der Waals surface area contributed by atoms with E-state index in [2.05, 4.69) is 30.2 Å². The van der Waals surface area contributed by atoms with Crippen LogP contribution in [-0.4, -0.2) is 11.5 Å². The molecule has 1 atom stereocenters. The molecule has 0 fully saturated rings. The van der Waals surface area contributed by atoms with Gasteiger partial charge in [-0.2, -0.15) is 5.26 Å². The lowest BCUT2D eigenvalue weighted by Gasteiger charge is -2.19.